The summed E-state index contributed by atoms with van der Waals surface area (Å²) in [5.41, 5.74) is 1.35. The Bertz CT molecular complexity index is 798. The molecule has 154 valence electrons. The Hall–Kier alpha value is -1.08. The molecule has 0 aliphatic rings. The second-order valence-electron chi connectivity index (χ2n) is 7.40. The standard InChI is InChI=1S/C19H33ClN4O2S/c1-3-4-5-6-7-8-9-10-11-12-14-27(25,26)15-13-17-21-19-18(20)16(2)22-24(19)23-17/h22H,3-15H2,1-2H3. The molecule has 0 fully saturated rings. The van der Waals surface area contributed by atoms with Gasteiger partial charge in [0.25, 0.3) is 0 Å². The number of sulfone groups is 1. The first-order valence-electron chi connectivity index (χ1n) is 10.2. The van der Waals surface area contributed by atoms with Crippen LogP contribution in [0.4, 0.5) is 0 Å². The van der Waals surface area contributed by atoms with Crippen LogP contribution in [-0.2, 0) is 16.3 Å². The smallest absolute Gasteiger partial charge is 0.194 e. The average molecular weight is 417 g/mol. The van der Waals surface area contributed by atoms with E-state index in [-0.39, 0.29) is 11.5 Å². The highest BCUT2D eigenvalue weighted by Crippen LogP contribution is 2.19. The molecule has 8 heteroatoms. The molecule has 0 atom stereocenters. The Morgan fingerprint density at radius 1 is 0.963 bits per heavy atom. The van der Waals surface area contributed by atoms with Crippen molar-refractivity contribution >= 4 is 27.1 Å². The van der Waals surface area contributed by atoms with Gasteiger partial charge in [0.1, 0.15) is 5.02 Å². The second-order valence-corrected chi connectivity index (χ2v) is 10.1. The van der Waals surface area contributed by atoms with Crippen LogP contribution in [0.15, 0.2) is 0 Å². The van der Waals surface area contributed by atoms with Gasteiger partial charge in [-0.1, -0.05) is 76.3 Å². The zero-order chi connectivity index (χ0) is 19.7. The maximum atomic E-state index is 12.2. The molecule has 0 saturated carbocycles. The number of H-pyrrole nitrogens is 1. The molecule has 0 unspecified atom stereocenters. The van der Waals surface area contributed by atoms with E-state index in [0.29, 0.717) is 22.9 Å². The van der Waals surface area contributed by atoms with Gasteiger partial charge in [-0.25, -0.2) is 13.4 Å². The highest BCUT2D eigenvalue weighted by atomic mass is 35.5. The summed E-state index contributed by atoms with van der Waals surface area (Å²) in [6.45, 7) is 4.08. The predicted molar refractivity (Wildman–Crippen MR) is 111 cm³/mol. The number of rotatable bonds is 14. The molecule has 27 heavy (non-hydrogen) atoms. The van der Waals surface area contributed by atoms with Crippen LogP contribution >= 0.6 is 11.6 Å². The van der Waals surface area contributed by atoms with E-state index in [9.17, 15) is 8.42 Å². The number of aromatic amines is 1. The van der Waals surface area contributed by atoms with Crippen molar-refractivity contribution in [2.45, 2.75) is 84.5 Å². The van der Waals surface area contributed by atoms with Crippen LogP contribution in [0, 0.1) is 6.92 Å². The monoisotopic (exact) mass is 416 g/mol. The van der Waals surface area contributed by atoms with Crippen LogP contribution in [0.3, 0.4) is 0 Å². The second kappa shape index (κ2) is 11.1. The number of aromatic nitrogens is 4. The minimum atomic E-state index is -3.06. The molecule has 0 aliphatic carbocycles. The third kappa shape index (κ3) is 7.45. The van der Waals surface area contributed by atoms with E-state index < -0.39 is 9.84 Å². The molecule has 0 bridgehead atoms. The molecular weight excluding hydrogens is 384 g/mol. The van der Waals surface area contributed by atoms with Gasteiger partial charge in [0.15, 0.2) is 21.3 Å². The molecule has 2 aromatic heterocycles. The molecule has 0 amide bonds. The number of nitrogens with zero attached hydrogens (tertiary/aromatic N) is 3. The van der Waals surface area contributed by atoms with Gasteiger partial charge in [-0.2, -0.15) is 4.63 Å². The third-order valence-electron chi connectivity index (χ3n) is 4.90. The molecule has 6 nitrogen and oxygen atoms in total. The van der Waals surface area contributed by atoms with Crippen molar-refractivity contribution in [3.8, 4) is 0 Å². The summed E-state index contributed by atoms with van der Waals surface area (Å²) in [5, 5.41) is 7.76. The third-order valence-corrected chi connectivity index (χ3v) is 7.09. The van der Waals surface area contributed by atoms with E-state index in [2.05, 4.69) is 22.1 Å². The van der Waals surface area contributed by atoms with Gasteiger partial charge in [0.05, 0.1) is 17.2 Å². The molecule has 2 rings (SSSR count). The average Bonchev–Trinajstić information content (AvgIpc) is 3.14. The summed E-state index contributed by atoms with van der Waals surface area (Å²) in [6.07, 6.45) is 12.3. The van der Waals surface area contributed by atoms with Crippen molar-refractivity contribution in [3.63, 3.8) is 0 Å². The van der Waals surface area contributed by atoms with Crippen molar-refractivity contribution in [3.05, 3.63) is 16.5 Å². The summed E-state index contributed by atoms with van der Waals surface area (Å²) in [5.74, 6) is 0.860. The van der Waals surface area contributed by atoms with E-state index in [4.69, 9.17) is 11.6 Å². The number of unbranched alkanes of at least 4 members (excludes halogenated alkanes) is 9. The van der Waals surface area contributed by atoms with Gasteiger partial charge in [-0.15, -0.1) is 5.10 Å². The first kappa shape index (κ1) is 22.2. The highest BCUT2D eigenvalue weighted by molar-refractivity contribution is 7.91. The summed E-state index contributed by atoms with van der Waals surface area (Å²) in [4.78, 5) is 4.32. The Labute approximate surface area is 168 Å². The van der Waals surface area contributed by atoms with Crippen LogP contribution < -0.4 is 0 Å². The molecule has 2 aromatic rings. The minimum Gasteiger partial charge on any atom is -0.279 e. The number of hydrogen-bond donors (Lipinski definition) is 1. The maximum Gasteiger partial charge on any atom is 0.194 e. The molecule has 0 aliphatic heterocycles. The van der Waals surface area contributed by atoms with E-state index in [1.54, 1.807) is 0 Å². The number of halogens is 1. The first-order valence-corrected chi connectivity index (χ1v) is 12.4. The van der Waals surface area contributed by atoms with Crippen LogP contribution in [0.2, 0.25) is 5.02 Å². The molecule has 0 spiro atoms. The zero-order valence-electron chi connectivity index (χ0n) is 16.6. The van der Waals surface area contributed by atoms with Crippen molar-refractivity contribution in [1.29, 1.82) is 0 Å². The molecule has 0 aromatic carbocycles. The summed E-state index contributed by atoms with van der Waals surface area (Å²) in [7, 11) is -3.06. The fraction of sp³-hybridized carbons (Fsp3) is 0.789. The quantitative estimate of drug-likeness (QED) is 0.444. The van der Waals surface area contributed by atoms with E-state index in [1.165, 1.54) is 49.6 Å². The molecule has 0 radical (unpaired) electrons. The Morgan fingerprint density at radius 2 is 1.56 bits per heavy atom. The maximum absolute atomic E-state index is 12.2. The van der Waals surface area contributed by atoms with Gasteiger partial charge in [-0.3, -0.25) is 5.10 Å². The molecule has 0 saturated heterocycles. The number of aryl methyl sites for hydroxylation is 2. The molecule has 2 heterocycles. The number of hydrogen-bond acceptors (Lipinski definition) is 4. The SMILES string of the molecule is CCCCCCCCCCCCS(=O)(=O)CCc1nc2c(Cl)c(C)[nH]n2n1. The van der Waals surface area contributed by atoms with Gasteiger partial charge in [-0.05, 0) is 13.3 Å². The van der Waals surface area contributed by atoms with Crippen molar-refractivity contribution in [2.24, 2.45) is 0 Å². The van der Waals surface area contributed by atoms with Gasteiger partial charge in [0.2, 0.25) is 0 Å². The lowest BCUT2D eigenvalue weighted by Crippen LogP contribution is -2.14. The highest BCUT2D eigenvalue weighted by Gasteiger charge is 2.15. The van der Waals surface area contributed by atoms with Gasteiger partial charge in [0, 0.05) is 6.42 Å². The van der Waals surface area contributed by atoms with Gasteiger partial charge >= 0.3 is 0 Å². The van der Waals surface area contributed by atoms with Crippen molar-refractivity contribution in [2.75, 3.05) is 11.5 Å². The zero-order valence-corrected chi connectivity index (χ0v) is 18.2. The Balaban J connectivity index is 1.59. The fourth-order valence-corrected chi connectivity index (χ4v) is 4.72. The summed E-state index contributed by atoms with van der Waals surface area (Å²) >= 11 is 6.12. The summed E-state index contributed by atoms with van der Waals surface area (Å²) in [6, 6.07) is 0. The lowest BCUT2D eigenvalue weighted by Gasteiger charge is -2.04. The molecular formula is C19H33ClN4O2S. The summed E-state index contributed by atoms with van der Waals surface area (Å²) < 4.78 is 25.9. The lowest BCUT2D eigenvalue weighted by atomic mass is 10.1. The van der Waals surface area contributed by atoms with Gasteiger partial charge < -0.3 is 0 Å². The Kier molecular flexibility index (Phi) is 9.09. The largest absolute Gasteiger partial charge is 0.279 e. The van der Waals surface area contributed by atoms with Crippen molar-refractivity contribution in [1.82, 2.24) is 19.8 Å². The topological polar surface area (TPSA) is 80.1 Å². The van der Waals surface area contributed by atoms with Crippen LogP contribution in [-0.4, -0.2) is 39.7 Å². The van der Waals surface area contributed by atoms with E-state index in [1.807, 2.05) is 6.92 Å². The normalized spacial score (nSPS) is 12.3. The molecule has 1 N–H and O–H groups in total. The Morgan fingerprint density at radius 3 is 2.15 bits per heavy atom. The van der Waals surface area contributed by atoms with Crippen molar-refractivity contribution < 1.29 is 8.42 Å². The lowest BCUT2D eigenvalue weighted by molar-refractivity contribution is 0.557. The van der Waals surface area contributed by atoms with E-state index in [0.717, 1.165) is 25.0 Å². The first-order chi connectivity index (χ1) is 12.9. The number of nitrogens with one attached hydrogen (secondary N) is 1. The van der Waals surface area contributed by atoms with Crippen LogP contribution in [0.25, 0.3) is 5.65 Å². The van der Waals surface area contributed by atoms with E-state index >= 15 is 0 Å². The minimum absolute atomic E-state index is 0.0915. The predicted octanol–water partition coefficient (Wildman–Crippen LogP) is 4.90. The fourth-order valence-electron chi connectivity index (χ4n) is 3.21. The number of fused-ring (bicyclic) bond motifs is 1. The van der Waals surface area contributed by atoms with Crippen LogP contribution in [0.5, 0.6) is 0 Å². The van der Waals surface area contributed by atoms with Crippen LogP contribution in [0.1, 0.15) is 82.7 Å².